The molecule has 0 amide bonds. The van der Waals surface area contributed by atoms with E-state index in [0.29, 0.717) is 12.5 Å². The zero-order chi connectivity index (χ0) is 7.23. The third kappa shape index (κ3) is 2.34. The number of rotatable bonds is 4. The van der Waals surface area contributed by atoms with E-state index in [4.69, 9.17) is 10.00 Å². The SMILES string of the molecule is N#CCCCOC1CNC1. The lowest BCUT2D eigenvalue weighted by Crippen LogP contribution is -2.48. The standard InChI is InChI=1S/C7H12N2O/c8-3-1-2-4-10-7-5-9-6-7/h7,9H,1-2,4-6H2. The molecule has 56 valence electrons. The van der Waals surface area contributed by atoms with Crippen molar-refractivity contribution in [2.75, 3.05) is 19.7 Å². The van der Waals surface area contributed by atoms with Gasteiger partial charge in [0.25, 0.3) is 0 Å². The van der Waals surface area contributed by atoms with Crippen LogP contribution in [0.2, 0.25) is 0 Å². The van der Waals surface area contributed by atoms with Gasteiger partial charge in [-0.3, -0.25) is 0 Å². The number of hydrogen-bond acceptors (Lipinski definition) is 3. The second kappa shape index (κ2) is 4.26. The quantitative estimate of drug-likeness (QED) is 0.570. The number of ether oxygens (including phenoxy) is 1. The van der Waals surface area contributed by atoms with Crippen LogP contribution in [0.3, 0.4) is 0 Å². The molecule has 0 unspecified atom stereocenters. The maximum Gasteiger partial charge on any atom is 0.0823 e. The zero-order valence-electron chi connectivity index (χ0n) is 5.97. The fraction of sp³-hybridized carbons (Fsp3) is 0.857. The molecule has 1 aliphatic rings. The summed E-state index contributed by atoms with van der Waals surface area (Å²) in [4.78, 5) is 0. The molecule has 0 aromatic heterocycles. The van der Waals surface area contributed by atoms with Gasteiger partial charge in [-0.15, -0.1) is 0 Å². The zero-order valence-corrected chi connectivity index (χ0v) is 5.97. The van der Waals surface area contributed by atoms with Gasteiger partial charge in [0.15, 0.2) is 0 Å². The molecule has 1 saturated heterocycles. The molecule has 1 aliphatic heterocycles. The Balaban J connectivity index is 1.81. The van der Waals surface area contributed by atoms with Crippen molar-refractivity contribution >= 4 is 0 Å². The Morgan fingerprint density at radius 1 is 1.60 bits per heavy atom. The minimum atomic E-state index is 0.415. The van der Waals surface area contributed by atoms with E-state index in [9.17, 15) is 0 Å². The van der Waals surface area contributed by atoms with Crippen LogP contribution in [-0.2, 0) is 4.74 Å². The van der Waals surface area contributed by atoms with Gasteiger partial charge in [-0.05, 0) is 6.42 Å². The van der Waals surface area contributed by atoms with Crippen molar-refractivity contribution in [1.29, 1.82) is 5.26 Å². The smallest absolute Gasteiger partial charge is 0.0823 e. The highest BCUT2D eigenvalue weighted by Crippen LogP contribution is 1.99. The number of nitrogens with zero attached hydrogens (tertiary/aromatic N) is 1. The number of nitriles is 1. The van der Waals surface area contributed by atoms with E-state index < -0.39 is 0 Å². The van der Waals surface area contributed by atoms with Crippen molar-refractivity contribution in [3.63, 3.8) is 0 Å². The summed E-state index contributed by atoms with van der Waals surface area (Å²) in [6.07, 6.45) is 1.89. The Morgan fingerprint density at radius 2 is 2.40 bits per heavy atom. The molecule has 0 atom stereocenters. The van der Waals surface area contributed by atoms with Gasteiger partial charge in [0.2, 0.25) is 0 Å². The Hall–Kier alpha value is -0.590. The Morgan fingerprint density at radius 3 is 2.90 bits per heavy atom. The van der Waals surface area contributed by atoms with Gasteiger partial charge in [-0.1, -0.05) is 0 Å². The minimum Gasteiger partial charge on any atom is -0.376 e. The number of nitrogens with one attached hydrogen (secondary N) is 1. The lowest BCUT2D eigenvalue weighted by molar-refractivity contribution is 0.0182. The van der Waals surface area contributed by atoms with Crippen molar-refractivity contribution in [3.05, 3.63) is 0 Å². The summed E-state index contributed by atoms with van der Waals surface area (Å²) in [6, 6.07) is 2.08. The van der Waals surface area contributed by atoms with Gasteiger partial charge < -0.3 is 10.1 Å². The molecule has 0 radical (unpaired) electrons. The average molecular weight is 140 g/mol. The topological polar surface area (TPSA) is 45.0 Å². The second-order valence-corrected chi connectivity index (χ2v) is 2.41. The molecule has 1 N–H and O–H groups in total. The molecule has 0 aromatic carbocycles. The highest BCUT2D eigenvalue weighted by atomic mass is 16.5. The highest BCUT2D eigenvalue weighted by Gasteiger charge is 2.15. The second-order valence-electron chi connectivity index (χ2n) is 2.41. The van der Waals surface area contributed by atoms with E-state index in [0.717, 1.165) is 26.1 Å². The molecule has 0 saturated carbocycles. The van der Waals surface area contributed by atoms with Crippen molar-refractivity contribution in [3.8, 4) is 6.07 Å². The minimum absolute atomic E-state index is 0.415. The van der Waals surface area contributed by atoms with Gasteiger partial charge in [0.05, 0.1) is 12.2 Å². The third-order valence-corrected chi connectivity index (χ3v) is 1.53. The normalized spacial score (nSPS) is 17.9. The van der Waals surface area contributed by atoms with Crippen molar-refractivity contribution in [2.24, 2.45) is 0 Å². The van der Waals surface area contributed by atoms with Crippen molar-refractivity contribution < 1.29 is 4.74 Å². The predicted octanol–water partition coefficient (Wildman–Crippen LogP) is 0.279. The molecule has 3 heteroatoms. The molecular weight excluding hydrogens is 128 g/mol. The van der Waals surface area contributed by atoms with Crippen LogP contribution in [0.1, 0.15) is 12.8 Å². The summed E-state index contributed by atoms with van der Waals surface area (Å²) in [5.41, 5.74) is 0. The molecule has 1 rings (SSSR count). The number of unbranched alkanes of at least 4 members (excludes halogenated alkanes) is 1. The van der Waals surface area contributed by atoms with Crippen LogP contribution in [0.25, 0.3) is 0 Å². The Labute approximate surface area is 61.0 Å². The van der Waals surface area contributed by atoms with Gasteiger partial charge in [-0.25, -0.2) is 0 Å². The van der Waals surface area contributed by atoms with E-state index in [2.05, 4.69) is 11.4 Å². The van der Waals surface area contributed by atoms with E-state index >= 15 is 0 Å². The van der Waals surface area contributed by atoms with Crippen molar-refractivity contribution in [2.45, 2.75) is 18.9 Å². The largest absolute Gasteiger partial charge is 0.376 e. The molecule has 3 nitrogen and oxygen atoms in total. The van der Waals surface area contributed by atoms with Crippen LogP contribution in [0.15, 0.2) is 0 Å². The monoisotopic (exact) mass is 140 g/mol. The van der Waals surface area contributed by atoms with Gasteiger partial charge in [0.1, 0.15) is 0 Å². The van der Waals surface area contributed by atoms with Crippen LogP contribution in [0.4, 0.5) is 0 Å². The lowest BCUT2D eigenvalue weighted by atomic mass is 10.2. The van der Waals surface area contributed by atoms with Crippen LogP contribution in [0, 0.1) is 11.3 Å². The molecular formula is C7H12N2O. The first-order valence-electron chi connectivity index (χ1n) is 3.63. The summed E-state index contributed by atoms with van der Waals surface area (Å²) >= 11 is 0. The summed E-state index contributed by atoms with van der Waals surface area (Å²) in [7, 11) is 0. The number of hydrogen-bond donors (Lipinski definition) is 1. The molecule has 0 aromatic rings. The van der Waals surface area contributed by atoms with Crippen LogP contribution < -0.4 is 5.32 Å². The maximum absolute atomic E-state index is 8.18. The summed E-state index contributed by atoms with van der Waals surface area (Å²) in [5.74, 6) is 0. The van der Waals surface area contributed by atoms with E-state index in [1.807, 2.05) is 0 Å². The van der Waals surface area contributed by atoms with E-state index in [1.165, 1.54) is 0 Å². The first-order chi connectivity index (χ1) is 4.93. The first kappa shape index (κ1) is 7.52. The Kier molecular flexibility index (Phi) is 3.20. The fourth-order valence-corrected chi connectivity index (χ4v) is 0.781. The van der Waals surface area contributed by atoms with Gasteiger partial charge in [-0.2, -0.15) is 5.26 Å². The van der Waals surface area contributed by atoms with E-state index in [-0.39, 0.29) is 0 Å². The summed E-state index contributed by atoms with van der Waals surface area (Å²) in [6.45, 7) is 2.69. The van der Waals surface area contributed by atoms with Crippen LogP contribution >= 0.6 is 0 Å². The molecule has 10 heavy (non-hydrogen) atoms. The predicted molar refractivity (Wildman–Crippen MR) is 37.5 cm³/mol. The molecule has 0 bridgehead atoms. The third-order valence-electron chi connectivity index (χ3n) is 1.53. The lowest BCUT2D eigenvalue weighted by Gasteiger charge is -2.26. The molecule has 0 aliphatic carbocycles. The average Bonchev–Trinajstić information content (AvgIpc) is 1.84. The molecule has 0 spiro atoms. The first-order valence-corrected chi connectivity index (χ1v) is 3.63. The summed E-state index contributed by atoms with van der Waals surface area (Å²) < 4.78 is 5.37. The van der Waals surface area contributed by atoms with Gasteiger partial charge in [0, 0.05) is 26.1 Å². The maximum atomic E-state index is 8.18. The van der Waals surface area contributed by atoms with Crippen molar-refractivity contribution in [1.82, 2.24) is 5.32 Å². The Bertz CT molecular complexity index is 126. The van der Waals surface area contributed by atoms with E-state index in [1.54, 1.807) is 0 Å². The van der Waals surface area contributed by atoms with Crippen LogP contribution in [-0.4, -0.2) is 25.8 Å². The summed E-state index contributed by atoms with van der Waals surface area (Å²) in [5, 5.41) is 11.3. The molecule has 1 fully saturated rings. The fourth-order valence-electron chi connectivity index (χ4n) is 0.781. The van der Waals surface area contributed by atoms with Crippen LogP contribution in [0.5, 0.6) is 0 Å². The van der Waals surface area contributed by atoms with Gasteiger partial charge >= 0.3 is 0 Å². The highest BCUT2D eigenvalue weighted by molar-refractivity contribution is 4.75. The molecule has 1 heterocycles.